The molecule has 3 amide bonds. The Morgan fingerprint density at radius 2 is 1.56 bits per heavy atom. The number of piperazine rings is 1. The molecule has 2 heterocycles. The molecule has 1 atom stereocenters. The van der Waals surface area contributed by atoms with E-state index in [-0.39, 0.29) is 56.3 Å². The third kappa shape index (κ3) is 4.73. The molecule has 180 valence electrons. The fourth-order valence-electron chi connectivity index (χ4n) is 4.17. The van der Waals surface area contributed by atoms with Gasteiger partial charge >= 0.3 is 6.18 Å². The minimum atomic E-state index is -4.55. The average Bonchev–Trinajstić information content (AvgIpc) is 3.21. The van der Waals surface area contributed by atoms with Crippen molar-refractivity contribution in [2.75, 3.05) is 37.6 Å². The summed E-state index contributed by atoms with van der Waals surface area (Å²) in [6, 6.07) is 7.27. The number of carbonyl (C=O) groups is 3. The first kappa shape index (κ1) is 23.7. The Bertz CT molecular complexity index is 1130. The molecule has 0 spiro atoms. The Balaban J connectivity index is 1.37. The first-order chi connectivity index (χ1) is 16.0. The van der Waals surface area contributed by atoms with Crippen molar-refractivity contribution >= 4 is 23.4 Å². The summed E-state index contributed by atoms with van der Waals surface area (Å²) in [5.74, 6) is -4.14. The van der Waals surface area contributed by atoms with Crippen LogP contribution in [0.4, 0.5) is 27.6 Å². The molecule has 4 rings (SSSR count). The molecule has 0 saturated carbocycles. The van der Waals surface area contributed by atoms with Crippen LogP contribution in [0, 0.1) is 17.6 Å². The van der Waals surface area contributed by atoms with Crippen molar-refractivity contribution < 1.29 is 36.3 Å². The van der Waals surface area contributed by atoms with Gasteiger partial charge in [0, 0.05) is 50.4 Å². The lowest BCUT2D eigenvalue weighted by Gasteiger charge is -2.36. The number of amides is 3. The number of carbonyl (C=O) groups excluding carboxylic acids is 3. The van der Waals surface area contributed by atoms with Crippen LogP contribution in [-0.4, -0.2) is 60.2 Å². The minimum Gasteiger partial charge on any atom is -0.339 e. The van der Waals surface area contributed by atoms with Crippen LogP contribution in [0.1, 0.15) is 22.3 Å². The summed E-state index contributed by atoms with van der Waals surface area (Å²) in [6.07, 6.45) is -4.67. The normalized spacial score (nSPS) is 19.0. The Labute approximate surface area is 191 Å². The van der Waals surface area contributed by atoms with E-state index >= 15 is 0 Å². The third-order valence-electron chi connectivity index (χ3n) is 6.00. The van der Waals surface area contributed by atoms with Crippen molar-refractivity contribution in [2.24, 2.45) is 5.92 Å². The molecular formula is C23H20F5N3O3. The van der Waals surface area contributed by atoms with Gasteiger partial charge in [-0.05, 0) is 36.4 Å². The molecule has 2 aliphatic rings. The smallest absolute Gasteiger partial charge is 0.339 e. The Morgan fingerprint density at radius 3 is 2.21 bits per heavy atom. The molecule has 0 N–H and O–H groups in total. The van der Waals surface area contributed by atoms with Crippen LogP contribution in [-0.2, 0) is 15.8 Å². The van der Waals surface area contributed by atoms with E-state index in [2.05, 4.69) is 0 Å². The van der Waals surface area contributed by atoms with Crippen molar-refractivity contribution in [3.8, 4) is 0 Å². The summed E-state index contributed by atoms with van der Waals surface area (Å²) in [6.45, 7) is 0.668. The number of benzene rings is 2. The topological polar surface area (TPSA) is 60.9 Å². The lowest BCUT2D eigenvalue weighted by atomic mass is 10.1. The predicted octanol–water partition coefficient (Wildman–Crippen LogP) is 3.32. The maximum atomic E-state index is 13.4. The van der Waals surface area contributed by atoms with Gasteiger partial charge in [0.1, 0.15) is 0 Å². The number of anilines is 1. The van der Waals surface area contributed by atoms with Crippen LogP contribution in [0.2, 0.25) is 0 Å². The van der Waals surface area contributed by atoms with E-state index in [1.165, 1.54) is 32.9 Å². The van der Waals surface area contributed by atoms with Gasteiger partial charge in [-0.2, -0.15) is 13.2 Å². The molecule has 2 fully saturated rings. The first-order valence-corrected chi connectivity index (χ1v) is 10.6. The van der Waals surface area contributed by atoms with E-state index in [9.17, 15) is 36.3 Å². The van der Waals surface area contributed by atoms with Crippen molar-refractivity contribution in [2.45, 2.75) is 12.6 Å². The van der Waals surface area contributed by atoms with Crippen molar-refractivity contribution in [1.82, 2.24) is 9.80 Å². The third-order valence-corrected chi connectivity index (χ3v) is 6.00. The van der Waals surface area contributed by atoms with Gasteiger partial charge in [-0.15, -0.1) is 0 Å². The monoisotopic (exact) mass is 481 g/mol. The van der Waals surface area contributed by atoms with E-state index in [0.717, 1.165) is 24.3 Å². The van der Waals surface area contributed by atoms with Crippen LogP contribution >= 0.6 is 0 Å². The van der Waals surface area contributed by atoms with Gasteiger partial charge in [-0.1, -0.05) is 6.07 Å². The molecule has 2 aliphatic heterocycles. The van der Waals surface area contributed by atoms with Gasteiger partial charge < -0.3 is 14.7 Å². The standard InChI is InChI=1S/C23H20F5N3O3/c24-18-5-4-14(10-19(18)25)21(33)29-6-8-30(9-7-29)22(34)15-11-20(32)31(13-15)17-3-1-2-16(12-17)23(26,27)28/h1-5,10,12,15H,6-9,11,13H2. The second kappa shape index (κ2) is 9.03. The Hall–Kier alpha value is -3.50. The predicted molar refractivity (Wildman–Crippen MR) is 111 cm³/mol. The quantitative estimate of drug-likeness (QED) is 0.633. The summed E-state index contributed by atoms with van der Waals surface area (Å²) in [4.78, 5) is 42.0. The molecule has 11 heteroatoms. The molecule has 6 nitrogen and oxygen atoms in total. The average molecular weight is 481 g/mol. The second-order valence-electron chi connectivity index (χ2n) is 8.20. The maximum absolute atomic E-state index is 13.4. The molecule has 0 radical (unpaired) electrons. The highest BCUT2D eigenvalue weighted by molar-refractivity contribution is 6.00. The van der Waals surface area contributed by atoms with Crippen LogP contribution in [0.15, 0.2) is 42.5 Å². The van der Waals surface area contributed by atoms with Gasteiger partial charge in [0.05, 0.1) is 11.5 Å². The van der Waals surface area contributed by atoms with Gasteiger partial charge in [0.15, 0.2) is 11.6 Å². The second-order valence-corrected chi connectivity index (χ2v) is 8.20. The van der Waals surface area contributed by atoms with E-state index < -0.39 is 41.1 Å². The Kier molecular flexibility index (Phi) is 6.28. The summed E-state index contributed by atoms with van der Waals surface area (Å²) in [7, 11) is 0. The van der Waals surface area contributed by atoms with E-state index in [4.69, 9.17) is 0 Å². The molecule has 2 aromatic rings. The fourth-order valence-corrected chi connectivity index (χ4v) is 4.17. The number of nitrogens with zero attached hydrogens (tertiary/aromatic N) is 3. The van der Waals surface area contributed by atoms with Crippen molar-refractivity contribution in [3.63, 3.8) is 0 Å². The van der Waals surface area contributed by atoms with E-state index in [1.807, 2.05) is 0 Å². The van der Waals surface area contributed by atoms with Gasteiger partial charge in [-0.3, -0.25) is 14.4 Å². The van der Waals surface area contributed by atoms with Crippen LogP contribution in [0.5, 0.6) is 0 Å². The van der Waals surface area contributed by atoms with Crippen LogP contribution in [0.25, 0.3) is 0 Å². The minimum absolute atomic E-state index is 0.00297. The number of alkyl halides is 3. The molecule has 34 heavy (non-hydrogen) atoms. The summed E-state index contributed by atoms with van der Waals surface area (Å²) >= 11 is 0. The van der Waals surface area contributed by atoms with E-state index in [0.29, 0.717) is 0 Å². The van der Waals surface area contributed by atoms with Gasteiger partial charge in [-0.25, -0.2) is 8.78 Å². The lowest BCUT2D eigenvalue weighted by Crippen LogP contribution is -2.52. The zero-order valence-corrected chi connectivity index (χ0v) is 17.8. The highest BCUT2D eigenvalue weighted by Gasteiger charge is 2.39. The molecule has 1 unspecified atom stereocenters. The molecular weight excluding hydrogens is 461 g/mol. The van der Waals surface area contributed by atoms with Crippen molar-refractivity contribution in [1.29, 1.82) is 0 Å². The number of hydrogen-bond donors (Lipinski definition) is 0. The number of rotatable bonds is 3. The molecule has 2 saturated heterocycles. The first-order valence-electron chi connectivity index (χ1n) is 10.6. The van der Waals surface area contributed by atoms with Crippen LogP contribution < -0.4 is 4.90 Å². The van der Waals surface area contributed by atoms with Gasteiger partial charge in [0.2, 0.25) is 11.8 Å². The molecule has 0 aromatic heterocycles. The summed E-state index contributed by atoms with van der Waals surface area (Å²) in [5, 5.41) is 0. The van der Waals surface area contributed by atoms with Gasteiger partial charge in [0.25, 0.3) is 5.91 Å². The zero-order chi connectivity index (χ0) is 24.6. The molecule has 2 aromatic carbocycles. The molecule has 0 bridgehead atoms. The Morgan fingerprint density at radius 1 is 0.882 bits per heavy atom. The summed E-state index contributed by atoms with van der Waals surface area (Å²) < 4.78 is 65.6. The largest absolute Gasteiger partial charge is 0.416 e. The lowest BCUT2D eigenvalue weighted by molar-refractivity contribution is -0.138. The highest BCUT2D eigenvalue weighted by Crippen LogP contribution is 2.33. The zero-order valence-electron chi connectivity index (χ0n) is 17.8. The van der Waals surface area contributed by atoms with Crippen LogP contribution in [0.3, 0.4) is 0 Å². The maximum Gasteiger partial charge on any atom is 0.416 e. The SMILES string of the molecule is O=C(c1ccc(F)c(F)c1)N1CCN(C(=O)C2CC(=O)N(c3cccc(C(F)(F)F)c3)C2)CC1. The van der Waals surface area contributed by atoms with E-state index in [1.54, 1.807) is 0 Å². The number of halogens is 5. The highest BCUT2D eigenvalue weighted by atomic mass is 19.4. The summed E-state index contributed by atoms with van der Waals surface area (Å²) in [5.41, 5.74) is -0.803. The molecule has 0 aliphatic carbocycles. The fraction of sp³-hybridized carbons (Fsp3) is 0.348. The number of hydrogen-bond acceptors (Lipinski definition) is 3. The van der Waals surface area contributed by atoms with Crippen molar-refractivity contribution in [3.05, 3.63) is 65.2 Å².